The Bertz CT molecular complexity index is 3130. The minimum absolute atomic E-state index is 0. The molecule has 52 heavy (non-hydrogen) atoms. The number of thiophene rings is 2. The normalized spacial score (nSPS) is 11.8. The van der Waals surface area contributed by atoms with E-state index in [1.807, 2.05) is 24.5 Å². The molecule has 0 bridgehead atoms. The first kappa shape index (κ1) is 29.8. The van der Waals surface area contributed by atoms with Crippen molar-refractivity contribution in [3.8, 4) is 0 Å². The number of nitrogens with zero attached hydrogens (tertiary/aromatic N) is 4. The predicted molar refractivity (Wildman–Crippen MR) is 220 cm³/mol. The first-order valence-electron chi connectivity index (χ1n) is 16.9. The third-order valence-electron chi connectivity index (χ3n) is 10.2. The van der Waals surface area contributed by atoms with Gasteiger partial charge in [-0.1, -0.05) is 78.9 Å². The van der Waals surface area contributed by atoms with Gasteiger partial charge in [-0.25, -0.2) is 9.97 Å². The molecule has 0 amide bonds. The fourth-order valence-corrected chi connectivity index (χ4v) is 10.3. The van der Waals surface area contributed by atoms with Crippen LogP contribution in [0.4, 0.5) is 28.4 Å². The number of hydrogen-bond donors (Lipinski definition) is 0. The van der Waals surface area contributed by atoms with Crippen LogP contribution < -0.4 is 9.80 Å². The average molecular weight is 935 g/mol. The minimum Gasteiger partial charge on any atom is -0.495 e. The van der Waals surface area contributed by atoms with Crippen molar-refractivity contribution in [3.63, 3.8) is 0 Å². The molecule has 0 aliphatic heterocycles. The summed E-state index contributed by atoms with van der Waals surface area (Å²) in [4.78, 5) is 16.0. The third kappa shape index (κ3) is 4.14. The van der Waals surface area contributed by atoms with E-state index in [0.717, 1.165) is 38.1 Å². The molecule has 1 radical (unpaired) electrons. The van der Waals surface area contributed by atoms with Gasteiger partial charge in [0.2, 0.25) is 0 Å². The topological polar surface area (TPSA) is 32.3 Å². The third-order valence-corrected chi connectivity index (χ3v) is 12.5. The van der Waals surface area contributed by atoms with E-state index < -0.39 is 0 Å². The maximum Gasteiger partial charge on any atom is 0.124 e. The molecule has 4 aromatic heterocycles. The van der Waals surface area contributed by atoms with Gasteiger partial charge in [-0.15, -0.1) is 22.7 Å². The summed E-state index contributed by atoms with van der Waals surface area (Å²) >= 11 is 3.48. The maximum atomic E-state index is 4.73. The van der Waals surface area contributed by atoms with Gasteiger partial charge < -0.3 is 9.80 Å². The van der Waals surface area contributed by atoms with Gasteiger partial charge in [0.15, 0.2) is 0 Å². The standard InChI is InChI=1S/C45H27N4S2.Bk/c1-48(38-15-5-11-30-32-13-7-25-46-44(32)50-42(30)38)36-23-19-27-18-22-35-37(24-20-28-17-21-34(36)40(27)41(28)35)49(29-9-3-2-4-10-29)39-16-6-12-31-33-14-8-26-47-45(33)51-43(31)39;/h2-26H,1H2;/q-1;. The molecule has 0 unspecified atom stereocenters. The van der Waals surface area contributed by atoms with Crippen LogP contribution in [0.2, 0.25) is 0 Å². The SMILES string of the molecule is [Bk].[CH2-]N(c1ccc2ccc3c(N(c4ccccc4)c4cccc5c4sc4ncccc45)ccc4ccc1c2c43)c1cccc2c1sc1ncccc12. The molecule has 11 rings (SSSR count). The summed E-state index contributed by atoms with van der Waals surface area (Å²) in [6.07, 6.45) is 3.75. The zero-order valence-electron chi connectivity index (χ0n) is 27.6. The van der Waals surface area contributed by atoms with E-state index in [1.54, 1.807) is 22.7 Å². The molecular weight excluding hydrogens is 908 g/mol. The van der Waals surface area contributed by atoms with Crippen molar-refractivity contribution < 1.29 is 0 Å². The second-order valence-corrected chi connectivity index (χ2v) is 14.9. The van der Waals surface area contributed by atoms with Crippen molar-refractivity contribution >= 4 is 124 Å². The first-order chi connectivity index (χ1) is 25.2. The second-order valence-electron chi connectivity index (χ2n) is 12.9. The van der Waals surface area contributed by atoms with Crippen molar-refractivity contribution in [3.05, 3.63) is 159 Å². The van der Waals surface area contributed by atoms with Crippen LogP contribution in [0.5, 0.6) is 0 Å². The average Bonchev–Trinajstić information content (AvgIpc) is 3.77. The Kier molecular flexibility index (Phi) is 6.43. The van der Waals surface area contributed by atoms with Gasteiger partial charge in [0, 0.05) is 61.8 Å². The van der Waals surface area contributed by atoms with Crippen molar-refractivity contribution in [2.75, 3.05) is 9.80 Å². The molecule has 0 aliphatic carbocycles. The van der Waals surface area contributed by atoms with Gasteiger partial charge in [-0.3, -0.25) is 7.05 Å². The number of fused-ring (bicyclic) bond motifs is 6. The number of benzene rings is 7. The molecule has 0 N–H and O–H groups in total. The zero-order valence-corrected chi connectivity index (χ0v) is 32.0. The molecule has 0 saturated heterocycles. The summed E-state index contributed by atoms with van der Waals surface area (Å²) in [6, 6.07) is 50.3. The number of para-hydroxylation sites is 1. The van der Waals surface area contributed by atoms with E-state index in [2.05, 4.69) is 149 Å². The fraction of sp³-hybridized carbons (Fsp3) is 0. The summed E-state index contributed by atoms with van der Waals surface area (Å²) in [5.41, 5.74) is 5.55. The van der Waals surface area contributed by atoms with Crippen LogP contribution in [0.25, 0.3) is 72.9 Å². The van der Waals surface area contributed by atoms with Gasteiger partial charge in [0.05, 0.1) is 20.8 Å². The van der Waals surface area contributed by atoms with E-state index in [9.17, 15) is 0 Å². The largest absolute Gasteiger partial charge is 0.495 e. The zero-order chi connectivity index (χ0) is 33.6. The fourth-order valence-electron chi connectivity index (χ4n) is 7.94. The number of aromatic nitrogens is 2. The molecule has 4 heterocycles. The van der Waals surface area contributed by atoms with Crippen molar-refractivity contribution in [2.24, 2.45) is 0 Å². The number of pyridine rings is 2. The Hall–Kier alpha value is -7.08. The van der Waals surface area contributed by atoms with E-state index in [0.29, 0.717) is 0 Å². The Morgan fingerprint density at radius 2 is 0.942 bits per heavy atom. The molecule has 0 spiro atoms. The van der Waals surface area contributed by atoms with Crippen LogP contribution in [0.1, 0.15) is 0 Å². The second kappa shape index (κ2) is 11.2. The molecule has 4 nitrogen and oxygen atoms in total. The van der Waals surface area contributed by atoms with Crippen LogP contribution in [0.3, 0.4) is 0 Å². The van der Waals surface area contributed by atoms with Gasteiger partial charge >= 0.3 is 0 Å². The summed E-state index contributed by atoms with van der Waals surface area (Å²) in [5.74, 6) is 0. The van der Waals surface area contributed by atoms with E-state index in [-0.39, 0.29) is 0 Å². The quantitative estimate of drug-likeness (QED) is 0.127. The van der Waals surface area contributed by atoms with Crippen LogP contribution in [0, 0.1) is 7.05 Å². The van der Waals surface area contributed by atoms with Crippen LogP contribution >= 0.6 is 22.7 Å². The Morgan fingerprint density at radius 1 is 0.423 bits per heavy atom. The number of anilines is 5. The molecule has 0 saturated carbocycles. The van der Waals surface area contributed by atoms with Crippen LogP contribution in [-0.2, 0) is 0 Å². The Labute approximate surface area is 301 Å². The van der Waals surface area contributed by atoms with Crippen LogP contribution in [0.15, 0.2) is 152 Å². The molecule has 0 fully saturated rings. The van der Waals surface area contributed by atoms with E-state index in [1.165, 1.54) is 63.3 Å². The summed E-state index contributed by atoms with van der Waals surface area (Å²) in [5, 5.41) is 12.1. The molecule has 0 aliphatic rings. The van der Waals surface area contributed by atoms with Gasteiger partial charge in [-0.2, -0.15) is 0 Å². The predicted octanol–water partition coefficient (Wildman–Crippen LogP) is 13.5. The Balaban J connectivity index is 0.00000338. The Morgan fingerprint density at radius 3 is 1.58 bits per heavy atom. The first-order valence-corrected chi connectivity index (χ1v) is 18.5. The van der Waals surface area contributed by atoms with Crippen molar-refractivity contribution in [1.82, 2.24) is 9.97 Å². The van der Waals surface area contributed by atoms with Crippen LogP contribution in [-0.4, -0.2) is 9.97 Å². The summed E-state index contributed by atoms with van der Waals surface area (Å²) in [6.45, 7) is 0. The maximum absolute atomic E-state index is 4.73. The minimum atomic E-state index is 0. The van der Waals surface area contributed by atoms with E-state index in [4.69, 9.17) is 4.98 Å². The number of rotatable bonds is 5. The van der Waals surface area contributed by atoms with Crippen molar-refractivity contribution in [2.45, 2.75) is 0 Å². The molecule has 0 atom stereocenters. The van der Waals surface area contributed by atoms with Gasteiger partial charge in [0.25, 0.3) is 0 Å². The van der Waals surface area contributed by atoms with E-state index >= 15 is 0 Å². The smallest absolute Gasteiger partial charge is 0.124 e. The summed E-state index contributed by atoms with van der Waals surface area (Å²) in [7, 11) is 4.66. The molecule has 249 valence electrons. The van der Waals surface area contributed by atoms with Gasteiger partial charge in [-0.05, 0) is 82.2 Å². The monoisotopic (exact) mass is 934 g/mol. The summed E-state index contributed by atoms with van der Waals surface area (Å²) < 4.78 is 2.42. The van der Waals surface area contributed by atoms with Gasteiger partial charge in [0.1, 0.15) is 9.66 Å². The molecule has 11 aromatic rings. The molecular formula is C45H27BkN4S2-. The molecule has 7 heteroatoms. The molecule has 7 aromatic carbocycles. The number of hydrogen-bond acceptors (Lipinski definition) is 6. The van der Waals surface area contributed by atoms with Crippen molar-refractivity contribution in [1.29, 1.82) is 0 Å².